The zero-order chi connectivity index (χ0) is 12.3. The molecule has 0 radical (unpaired) electrons. The van der Waals surface area contributed by atoms with Gasteiger partial charge in [0.05, 0.1) is 12.1 Å². The topological polar surface area (TPSA) is 33.6 Å². The maximum Gasteiger partial charge on any atom is 0.157 e. The smallest absolute Gasteiger partial charge is 0.157 e. The van der Waals surface area contributed by atoms with E-state index in [1.165, 1.54) is 25.0 Å². The summed E-state index contributed by atoms with van der Waals surface area (Å²) in [7, 11) is 1.81. The molecular weight excluding hydrogens is 232 g/mol. The maximum atomic E-state index is 5.40. The molecule has 98 valence electrons. The number of ether oxygens (including phenoxy) is 1. The Balaban J connectivity index is 1.86. The van der Waals surface area contributed by atoms with Crippen LogP contribution >= 0.6 is 11.8 Å². The molecule has 0 saturated heterocycles. The van der Waals surface area contributed by atoms with Gasteiger partial charge >= 0.3 is 0 Å². The number of amidine groups is 1. The second-order valence-electron chi connectivity index (χ2n) is 5.39. The minimum Gasteiger partial charge on any atom is -0.381 e. The molecule has 2 aliphatic rings. The lowest BCUT2D eigenvalue weighted by Crippen LogP contribution is -2.35. The molecule has 2 rings (SSSR count). The summed E-state index contributed by atoms with van der Waals surface area (Å²) in [6.07, 6.45) is 5.19. The van der Waals surface area contributed by atoms with E-state index in [0.717, 1.165) is 11.6 Å². The standard InChI is InChI=1S/C13H24N2OS/c1-9(2)12-6-7-17-13(15-12)14-10-4-5-11(8-10)16-3/h9-12H,4-8H2,1-3H3,(H,14,15). The van der Waals surface area contributed by atoms with Crippen LogP contribution < -0.4 is 5.32 Å². The fourth-order valence-corrected chi connectivity index (χ4v) is 3.56. The van der Waals surface area contributed by atoms with Gasteiger partial charge in [0.25, 0.3) is 0 Å². The van der Waals surface area contributed by atoms with Gasteiger partial charge in [0, 0.05) is 18.9 Å². The molecule has 0 aromatic carbocycles. The van der Waals surface area contributed by atoms with Gasteiger partial charge in [0.1, 0.15) is 0 Å². The van der Waals surface area contributed by atoms with Crippen molar-refractivity contribution < 1.29 is 4.74 Å². The van der Waals surface area contributed by atoms with E-state index in [0.29, 0.717) is 24.1 Å². The molecule has 1 N–H and O–H groups in total. The summed E-state index contributed by atoms with van der Waals surface area (Å²) in [6.45, 7) is 4.52. The average molecular weight is 256 g/mol. The Hall–Kier alpha value is -0.220. The Kier molecular flexibility index (Phi) is 4.74. The van der Waals surface area contributed by atoms with Crippen LogP contribution in [0.2, 0.25) is 0 Å². The van der Waals surface area contributed by atoms with Gasteiger partial charge in [-0.2, -0.15) is 0 Å². The maximum absolute atomic E-state index is 5.40. The number of nitrogens with one attached hydrogen (secondary N) is 1. The van der Waals surface area contributed by atoms with Crippen LogP contribution in [0.25, 0.3) is 0 Å². The fraction of sp³-hybridized carbons (Fsp3) is 0.923. The van der Waals surface area contributed by atoms with E-state index in [1.807, 2.05) is 18.9 Å². The fourth-order valence-electron chi connectivity index (χ4n) is 2.55. The van der Waals surface area contributed by atoms with Crippen molar-refractivity contribution in [3.8, 4) is 0 Å². The Bertz CT molecular complexity index is 281. The van der Waals surface area contributed by atoms with E-state index in [1.54, 1.807) is 0 Å². The van der Waals surface area contributed by atoms with Crippen LogP contribution in [0.1, 0.15) is 39.5 Å². The molecule has 3 unspecified atom stereocenters. The van der Waals surface area contributed by atoms with Gasteiger partial charge < -0.3 is 10.1 Å². The first-order valence-corrected chi connectivity index (χ1v) is 7.67. The summed E-state index contributed by atoms with van der Waals surface area (Å²) in [5.41, 5.74) is 0. The normalized spacial score (nSPS) is 33.9. The van der Waals surface area contributed by atoms with Crippen LogP contribution in [0, 0.1) is 5.92 Å². The molecule has 17 heavy (non-hydrogen) atoms. The van der Waals surface area contributed by atoms with Crippen molar-refractivity contribution >= 4 is 16.9 Å². The number of rotatable bonds is 3. The third-order valence-corrected chi connectivity index (χ3v) is 4.69. The summed E-state index contributed by atoms with van der Waals surface area (Å²) in [5.74, 6) is 1.86. The van der Waals surface area contributed by atoms with Crippen LogP contribution in [-0.2, 0) is 4.74 Å². The molecule has 1 heterocycles. The quantitative estimate of drug-likeness (QED) is 0.843. The second kappa shape index (κ2) is 6.10. The van der Waals surface area contributed by atoms with Crippen molar-refractivity contribution in [2.45, 2.75) is 57.7 Å². The zero-order valence-corrected chi connectivity index (χ0v) is 11.9. The van der Waals surface area contributed by atoms with E-state index in [4.69, 9.17) is 9.73 Å². The van der Waals surface area contributed by atoms with Crippen molar-refractivity contribution in [3.05, 3.63) is 0 Å². The Morgan fingerprint density at radius 3 is 2.82 bits per heavy atom. The number of aliphatic imine (C=N–C) groups is 1. The molecule has 3 atom stereocenters. The predicted molar refractivity (Wildman–Crippen MR) is 74.7 cm³/mol. The molecule has 0 bridgehead atoms. The van der Waals surface area contributed by atoms with Gasteiger partial charge in [-0.15, -0.1) is 0 Å². The average Bonchev–Trinajstić information content (AvgIpc) is 2.77. The van der Waals surface area contributed by atoms with E-state index >= 15 is 0 Å². The Morgan fingerprint density at radius 1 is 1.35 bits per heavy atom. The molecule has 0 aromatic heterocycles. The molecule has 3 nitrogen and oxygen atoms in total. The summed E-state index contributed by atoms with van der Waals surface area (Å²) in [4.78, 5) is 4.82. The third-order valence-electron chi connectivity index (χ3n) is 3.75. The molecule has 0 aromatic rings. The predicted octanol–water partition coefficient (Wildman–Crippen LogP) is 2.66. The van der Waals surface area contributed by atoms with E-state index in [9.17, 15) is 0 Å². The summed E-state index contributed by atoms with van der Waals surface area (Å²) in [5, 5.41) is 4.76. The number of hydrogen-bond donors (Lipinski definition) is 1. The Morgan fingerprint density at radius 2 is 2.18 bits per heavy atom. The third kappa shape index (κ3) is 3.62. The second-order valence-corrected chi connectivity index (χ2v) is 6.48. The first-order valence-electron chi connectivity index (χ1n) is 6.69. The van der Waals surface area contributed by atoms with Gasteiger partial charge in [-0.05, 0) is 31.6 Å². The summed E-state index contributed by atoms with van der Waals surface area (Å²) < 4.78 is 5.40. The molecule has 1 fully saturated rings. The van der Waals surface area contributed by atoms with Crippen molar-refractivity contribution in [2.75, 3.05) is 12.9 Å². The van der Waals surface area contributed by atoms with Gasteiger partial charge in [-0.1, -0.05) is 25.6 Å². The van der Waals surface area contributed by atoms with E-state index in [-0.39, 0.29) is 0 Å². The molecule has 0 amide bonds. The highest BCUT2D eigenvalue weighted by molar-refractivity contribution is 8.13. The van der Waals surface area contributed by atoms with Gasteiger partial charge in [-0.3, -0.25) is 4.99 Å². The number of thioether (sulfide) groups is 1. The number of nitrogens with zero attached hydrogens (tertiary/aromatic N) is 1. The van der Waals surface area contributed by atoms with Crippen molar-refractivity contribution in [3.63, 3.8) is 0 Å². The highest BCUT2D eigenvalue weighted by atomic mass is 32.2. The van der Waals surface area contributed by atoms with Crippen LogP contribution in [-0.4, -0.2) is 36.2 Å². The van der Waals surface area contributed by atoms with Crippen LogP contribution in [0.5, 0.6) is 0 Å². The van der Waals surface area contributed by atoms with Crippen molar-refractivity contribution in [1.82, 2.24) is 5.32 Å². The molecule has 0 spiro atoms. The molecule has 1 aliphatic heterocycles. The van der Waals surface area contributed by atoms with Gasteiger partial charge in [-0.25, -0.2) is 0 Å². The monoisotopic (exact) mass is 256 g/mol. The largest absolute Gasteiger partial charge is 0.381 e. The van der Waals surface area contributed by atoms with Crippen LogP contribution in [0.15, 0.2) is 4.99 Å². The first kappa shape index (κ1) is 13.2. The Labute approximate surface area is 109 Å². The van der Waals surface area contributed by atoms with Crippen LogP contribution in [0.3, 0.4) is 0 Å². The lowest BCUT2D eigenvalue weighted by molar-refractivity contribution is 0.107. The lowest BCUT2D eigenvalue weighted by Gasteiger charge is -2.25. The van der Waals surface area contributed by atoms with E-state index < -0.39 is 0 Å². The zero-order valence-electron chi connectivity index (χ0n) is 11.1. The summed E-state index contributed by atoms with van der Waals surface area (Å²) in [6, 6.07) is 1.08. The van der Waals surface area contributed by atoms with E-state index in [2.05, 4.69) is 19.2 Å². The minimum absolute atomic E-state index is 0.447. The lowest BCUT2D eigenvalue weighted by atomic mass is 10.0. The van der Waals surface area contributed by atoms with Gasteiger partial charge in [0.15, 0.2) is 5.17 Å². The van der Waals surface area contributed by atoms with Gasteiger partial charge in [0.2, 0.25) is 0 Å². The molecule has 4 heteroatoms. The molecular formula is C13H24N2OS. The number of methoxy groups -OCH3 is 1. The van der Waals surface area contributed by atoms with Crippen molar-refractivity contribution in [1.29, 1.82) is 0 Å². The van der Waals surface area contributed by atoms with Crippen LogP contribution in [0.4, 0.5) is 0 Å². The highest BCUT2D eigenvalue weighted by Crippen LogP contribution is 2.25. The minimum atomic E-state index is 0.447. The first-order chi connectivity index (χ1) is 8.19. The highest BCUT2D eigenvalue weighted by Gasteiger charge is 2.26. The molecule has 1 saturated carbocycles. The summed E-state index contributed by atoms with van der Waals surface area (Å²) >= 11 is 1.88. The number of hydrogen-bond acceptors (Lipinski definition) is 4. The molecule has 1 aliphatic carbocycles. The SMILES string of the molecule is COC1CCC(NC2=NC(C(C)C)CCS2)C1. The van der Waals surface area contributed by atoms with Crippen molar-refractivity contribution in [2.24, 2.45) is 10.9 Å².